The maximum Gasteiger partial charge on any atom is 0.220 e. The van der Waals surface area contributed by atoms with Crippen molar-refractivity contribution in [1.29, 1.82) is 0 Å². The predicted octanol–water partition coefficient (Wildman–Crippen LogP) is 1.93. The van der Waals surface area contributed by atoms with Crippen LogP contribution >= 0.6 is 0 Å². The molecule has 2 heteroatoms. The van der Waals surface area contributed by atoms with E-state index in [0.717, 1.165) is 18.8 Å². The third-order valence-corrected chi connectivity index (χ3v) is 2.28. The average Bonchev–Trinajstić information content (AvgIpc) is 1.99. The molecule has 0 rings (SSSR count). The van der Waals surface area contributed by atoms with E-state index in [1.807, 2.05) is 6.92 Å². The third kappa shape index (κ3) is 4.82. The lowest BCUT2D eigenvalue weighted by Gasteiger charge is -2.10. The van der Waals surface area contributed by atoms with Gasteiger partial charge in [-0.05, 0) is 18.8 Å². The van der Waals surface area contributed by atoms with Crippen molar-refractivity contribution in [2.45, 2.75) is 40.0 Å². The topological polar surface area (TPSA) is 43.1 Å². The molecular weight excluding hydrogens is 138 g/mol. The number of hydrogen-bond donors (Lipinski definition) is 1. The Kier molecular flexibility index (Phi) is 4.92. The van der Waals surface area contributed by atoms with Gasteiger partial charge >= 0.3 is 0 Å². The van der Waals surface area contributed by atoms with Crippen LogP contribution in [0.3, 0.4) is 0 Å². The number of primary amides is 1. The van der Waals surface area contributed by atoms with E-state index >= 15 is 0 Å². The second kappa shape index (κ2) is 5.16. The van der Waals surface area contributed by atoms with Crippen molar-refractivity contribution in [3.8, 4) is 0 Å². The minimum Gasteiger partial charge on any atom is -0.369 e. The Morgan fingerprint density at radius 3 is 2.27 bits per heavy atom. The first-order chi connectivity index (χ1) is 5.07. The minimum atomic E-state index is -0.173. The van der Waals surface area contributed by atoms with Gasteiger partial charge in [-0.15, -0.1) is 0 Å². The van der Waals surface area contributed by atoms with Gasteiger partial charge in [0.15, 0.2) is 0 Å². The molecule has 0 fully saturated rings. The van der Waals surface area contributed by atoms with Crippen LogP contribution < -0.4 is 5.73 Å². The molecule has 0 heterocycles. The Morgan fingerprint density at radius 2 is 1.91 bits per heavy atom. The summed E-state index contributed by atoms with van der Waals surface area (Å²) >= 11 is 0. The maximum atomic E-state index is 10.6. The molecule has 2 atom stereocenters. The zero-order valence-electron chi connectivity index (χ0n) is 7.76. The Balaban J connectivity index is 3.45. The number of amides is 1. The molecule has 0 aromatic carbocycles. The molecule has 0 aromatic rings. The first-order valence-electron chi connectivity index (χ1n) is 4.37. The molecule has 2 nitrogen and oxygen atoms in total. The molecule has 0 saturated heterocycles. The lowest BCUT2D eigenvalue weighted by molar-refractivity contribution is -0.121. The summed E-state index contributed by atoms with van der Waals surface area (Å²) in [5, 5.41) is 0. The Bertz CT molecular complexity index is 123. The largest absolute Gasteiger partial charge is 0.369 e. The zero-order valence-corrected chi connectivity index (χ0v) is 7.76. The minimum absolute atomic E-state index is 0.0454. The quantitative estimate of drug-likeness (QED) is 0.651. The number of rotatable bonds is 5. The van der Waals surface area contributed by atoms with Crippen molar-refractivity contribution in [2.24, 2.45) is 17.6 Å². The van der Waals surface area contributed by atoms with E-state index in [1.165, 1.54) is 6.42 Å². The van der Waals surface area contributed by atoms with Crippen molar-refractivity contribution in [3.05, 3.63) is 0 Å². The molecule has 0 aliphatic rings. The maximum absolute atomic E-state index is 10.6. The third-order valence-electron chi connectivity index (χ3n) is 2.28. The van der Waals surface area contributed by atoms with Crippen LogP contribution in [0.5, 0.6) is 0 Å². The Hall–Kier alpha value is -0.530. The van der Waals surface area contributed by atoms with E-state index < -0.39 is 0 Å². The highest BCUT2D eigenvalue weighted by molar-refractivity contribution is 5.76. The van der Waals surface area contributed by atoms with Crippen LogP contribution in [0.15, 0.2) is 0 Å². The lowest BCUT2D eigenvalue weighted by atomic mass is 9.96. The van der Waals surface area contributed by atoms with E-state index in [0.29, 0.717) is 0 Å². The highest BCUT2D eigenvalue weighted by Gasteiger charge is 2.09. The monoisotopic (exact) mass is 157 g/mol. The van der Waals surface area contributed by atoms with Crippen LogP contribution in [-0.4, -0.2) is 5.91 Å². The van der Waals surface area contributed by atoms with Crippen molar-refractivity contribution >= 4 is 5.91 Å². The van der Waals surface area contributed by atoms with Gasteiger partial charge in [0, 0.05) is 5.92 Å². The van der Waals surface area contributed by atoms with Crippen LogP contribution in [0.4, 0.5) is 0 Å². The number of hydrogen-bond acceptors (Lipinski definition) is 1. The molecule has 2 unspecified atom stereocenters. The van der Waals surface area contributed by atoms with Gasteiger partial charge in [0.25, 0.3) is 0 Å². The summed E-state index contributed by atoms with van der Waals surface area (Å²) in [6.45, 7) is 6.26. The second-order valence-corrected chi connectivity index (χ2v) is 3.39. The van der Waals surface area contributed by atoms with Gasteiger partial charge in [0.1, 0.15) is 0 Å². The van der Waals surface area contributed by atoms with E-state index in [-0.39, 0.29) is 11.8 Å². The summed E-state index contributed by atoms with van der Waals surface area (Å²) in [6.07, 6.45) is 3.23. The van der Waals surface area contributed by atoms with Gasteiger partial charge in [-0.1, -0.05) is 27.2 Å². The standard InChI is InChI=1S/C9H19NO/c1-4-7(2)5-6-8(3)9(10)11/h7-8H,4-6H2,1-3H3,(H2,10,11). The molecule has 0 aromatic heterocycles. The van der Waals surface area contributed by atoms with E-state index in [2.05, 4.69) is 13.8 Å². The molecular formula is C9H19NO. The number of carbonyl (C=O) groups is 1. The molecule has 66 valence electrons. The van der Waals surface area contributed by atoms with Crippen LogP contribution in [0.25, 0.3) is 0 Å². The number of nitrogens with two attached hydrogens (primary N) is 1. The summed E-state index contributed by atoms with van der Waals surface area (Å²) in [7, 11) is 0. The first-order valence-corrected chi connectivity index (χ1v) is 4.37. The van der Waals surface area contributed by atoms with Gasteiger partial charge in [0.2, 0.25) is 5.91 Å². The molecule has 0 saturated carbocycles. The highest BCUT2D eigenvalue weighted by atomic mass is 16.1. The number of carbonyl (C=O) groups excluding carboxylic acids is 1. The summed E-state index contributed by atoms with van der Waals surface area (Å²) < 4.78 is 0. The fraction of sp³-hybridized carbons (Fsp3) is 0.889. The summed E-state index contributed by atoms with van der Waals surface area (Å²) in [5.74, 6) is 0.592. The van der Waals surface area contributed by atoms with Crippen LogP contribution in [0.1, 0.15) is 40.0 Å². The molecule has 2 N–H and O–H groups in total. The van der Waals surface area contributed by atoms with Crippen molar-refractivity contribution < 1.29 is 4.79 Å². The van der Waals surface area contributed by atoms with Crippen LogP contribution in [0.2, 0.25) is 0 Å². The Labute approximate surface area is 69.2 Å². The molecule has 0 aliphatic heterocycles. The van der Waals surface area contributed by atoms with Gasteiger partial charge in [-0.25, -0.2) is 0 Å². The normalized spacial score (nSPS) is 15.9. The highest BCUT2D eigenvalue weighted by Crippen LogP contribution is 2.14. The fourth-order valence-corrected chi connectivity index (χ4v) is 0.881. The first kappa shape index (κ1) is 10.5. The van der Waals surface area contributed by atoms with Crippen LogP contribution in [-0.2, 0) is 4.79 Å². The average molecular weight is 157 g/mol. The van der Waals surface area contributed by atoms with E-state index in [9.17, 15) is 4.79 Å². The smallest absolute Gasteiger partial charge is 0.220 e. The summed E-state index contributed by atoms with van der Waals surface area (Å²) in [4.78, 5) is 10.6. The zero-order chi connectivity index (χ0) is 8.85. The SMILES string of the molecule is CCC(C)CCC(C)C(N)=O. The van der Waals surface area contributed by atoms with Crippen LogP contribution in [0, 0.1) is 11.8 Å². The fourth-order valence-electron chi connectivity index (χ4n) is 0.881. The van der Waals surface area contributed by atoms with E-state index in [1.54, 1.807) is 0 Å². The van der Waals surface area contributed by atoms with Gasteiger partial charge in [-0.2, -0.15) is 0 Å². The molecule has 0 bridgehead atoms. The molecule has 0 radical (unpaired) electrons. The molecule has 11 heavy (non-hydrogen) atoms. The molecule has 0 aliphatic carbocycles. The van der Waals surface area contributed by atoms with Gasteiger partial charge < -0.3 is 5.73 Å². The lowest BCUT2D eigenvalue weighted by Crippen LogP contribution is -2.20. The summed E-state index contributed by atoms with van der Waals surface area (Å²) in [6, 6.07) is 0. The van der Waals surface area contributed by atoms with Crippen molar-refractivity contribution in [1.82, 2.24) is 0 Å². The Morgan fingerprint density at radius 1 is 1.36 bits per heavy atom. The van der Waals surface area contributed by atoms with Crippen molar-refractivity contribution in [2.75, 3.05) is 0 Å². The summed E-state index contributed by atoms with van der Waals surface area (Å²) in [5.41, 5.74) is 5.12. The van der Waals surface area contributed by atoms with Gasteiger partial charge in [-0.3, -0.25) is 4.79 Å². The van der Waals surface area contributed by atoms with Crippen molar-refractivity contribution in [3.63, 3.8) is 0 Å². The van der Waals surface area contributed by atoms with E-state index in [4.69, 9.17) is 5.73 Å². The molecule has 0 spiro atoms. The second-order valence-electron chi connectivity index (χ2n) is 3.39. The predicted molar refractivity (Wildman–Crippen MR) is 47.0 cm³/mol. The molecule has 1 amide bonds. The van der Waals surface area contributed by atoms with Gasteiger partial charge in [0.05, 0.1) is 0 Å².